The van der Waals surface area contributed by atoms with Gasteiger partial charge in [0.15, 0.2) is 0 Å². The summed E-state index contributed by atoms with van der Waals surface area (Å²) in [6.07, 6.45) is 8.79. The first-order valence-electron chi connectivity index (χ1n) is 5.36. The summed E-state index contributed by atoms with van der Waals surface area (Å²) < 4.78 is 0. The Bertz CT molecular complexity index is 629. The van der Waals surface area contributed by atoms with E-state index in [9.17, 15) is 4.79 Å². The van der Waals surface area contributed by atoms with Gasteiger partial charge in [0.2, 0.25) is 0 Å². The predicted molar refractivity (Wildman–Crippen MR) is 72.2 cm³/mol. The third kappa shape index (κ3) is 2.26. The van der Waals surface area contributed by atoms with Crippen molar-refractivity contribution < 1.29 is 4.79 Å². The number of carbonyl (C=O) groups is 1. The number of nitrogen functional groups attached to an aromatic ring is 1. The highest BCUT2D eigenvalue weighted by Gasteiger charge is 2.18. The summed E-state index contributed by atoms with van der Waals surface area (Å²) in [7, 11) is 0. The van der Waals surface area contributed by atoms with Crippen molar-refractivity contribution in [3.63, 3.8) is 0 Å². The lowest BCUT2D eigenvalue weighted by Gasteiger charge is -2.09. The van der Waals surface area contributed by atoms with Crippen molar-refractivity contribution in [2.75, 3.05) is 5.73 Å². The van der Waals surface area contributed by atoms with Crippen LogP contribution < -0.4 is 11.1 Å². The van der Waals surface area contributed by atoms with E-state index in [-0.39, 0.29) is 11.9 Å². The predicted octanol–water partition coefficient (Wildman–Crippen LogP) is 1.42. The summed E-state index contributed by atoms with van der Waals surface area (Å²) in [5.41, 5.74) is 6.83. The van der Waals surface area contributed by atoms with E-state index in [1.165, 1.54) is 11.3 Å². The van der Waals surface area contributed by atoms with E-state index >= 15 is 0 Å². The first-order valence-corrected chi connectivity index (χ1v) is 6.18. The van der Waals surface area contributed by atoms with Crippen LogP contribution in [0.1, 0.15) is 23.0 Å². The molecule has 0 aliphatic carbocycles. The van der Waals surface area contributed by atoms with Crippen molar-refractivity contribution in [1.29, 1.82) is 0 Å². The number of rotatable bonds is 3. The SMILES string of the molecule is C#CCC(C)NC(=O)c1sc2nccnc2c1N. The van der Waals surface area contributed by atoms with E-state index in [0.717, 1.165) is 0 Å². The molecule has 5 nitrogen and oxygen atoms in total. The Labute approximate surface area is 108 Å². The molecule has 2 aromatic rings. The second-order valence-corrected chi connectivity index (χ2v) is 4.84. The van der Waals surface area contributed by atoms with Gasteiger partial charge >= 0.3 is 0 Å². The molecular weight excluding hydrogens is 248 g/mol. The summed E-state index contributed by atoms with van der Waals surface area (Å²) in [5, 5.41) is 2.79. The van der Waals surface area contributed by atoms with E-state index < -0.39 is 0 Å². The van der Waals surface area contributed by atoms with Crippen LogP contribution >= 0.6 is 11.3 Å². The number of nitrogens with one attached hydrogen (secondary N) is 1. The number of amides is 1. The largest absolute Gasteiger partial charge is 0.396 e. The summed E-state index contributed by atoms with van der Waals surface area (Å²) in [5.74, 6) is 2.26. The number of terminal acetylenes is 1. The zero-order valence-electron chi connectivity index (χ0n) is 9.80. The second kappa shape index (κ2) is 5.02. The smallest absolute Gasteiger partial charge is 0.263 e. The molecule has 0 radical (unpaired) electrons. The number of thiophene rings is 1. The average Bonchev–Trinajstić information content (AvgIpc) is 2.68. The van der Waals surface area contributed by atoms with Crippen molar-refractivity contribution in [2.45, 2.75) is 19.4 Å². The van der Waals surface area contributed by atoms with Gasteiger partial charge in [-0.2, -0.15) is 0 Å². The van der Waals surface area contributed by atoms with E-state index in [4.69, 9.17) is 12.2 Å². The highest BCUT2D eigenvalue weighted by atomic mass is 32.1. The molecule has 2 rings (SSSR count). The molecule has 18 heavy (non-hydrogen) atoms. The van der Waals surface area contributed by atoms with Crippen LogP contribution in [0.2, 0.25) is 0 Å². The molecule has 92 valence electrons. The van der Waals surface area contributed by atoms with Gasteiger partial charge in [0, 0.05) is 24.9 Å². The normalized spacial score (nSPS) is 12.0. The van der Waals surface area contributed by atoms with Crippen LogP contribution in [-0.2, 0) is 0 Å². The molecule has 0 fully saturated rings. The van der Waals surface area contributed by atoms with Gasteiger partial charge in [-0.1, -0.05) is 0 Å². The monoisotopic (exact) mass is 260 g/mol. The fourth-order valence-electron chi connectivity index (χ4n) is 1.53. The molecule has 0 bridgehead atoms. The Hall–Kier alpha value is -2.13. The Morgan fingerprint density at radius 3 is 3.00 bits per heavy atom. The molecule has 0 saturated carbocycles. The molecule has 3 N–H and O–H groups in total. The van der Waals surface area contributed by atoms with Crippen LogP contribution in [0.3, 0.4) is 0 Å². The minimum absolute atomic E-state index is 0.0898. The summed E-state index contributed by atoms with van der Waals surface area (Å²) in [6, 6.07) is -0.0898. The van der Waals surface area contributed by atoms with Crippen LogP contribution in [0.4, 0.5) is 5.69 Å². The molecule has 6 heteroatoms. The van der Waals surface area contributed by atoms with Gasteiger partial charge in [0.05, 0.1) is 5.69 Å². The van der Waals surface area contributed by atoms with Gasteiger partial charge in [-0.3, -0.25) is 4.79 Å². The van der Waals surface area contributed by atoms with Gasteiger partial charge in [0.1, 0.15) is 15.2 Å². The lowest BCUT2D eigenvalue weighted by molar-refractivity contribution is 0.0946. The number of aromatic nitrogens is 2. The summed E-state index contributed by atoms with van der Waals surface area (Å²) in [6.45, 7) is 1.85. The van der Waals surface area contributed by atoms with E-state index in [2.05, 4.69) is 21.2 Å². The number of anilines is 1. The molecule has 2 heterocycles. The summed E-state index contributed by atoms with van der Waals surface area (Å²) >= 11 is 1.23. The van der Waals surface area contributed by atoms with Crippen LogP contribution in [0.25, 0.3) is 10.3 Å². The molecule has 2 aromatic heterocycles. The number of fused-ring (bicyclic) bond motifs is 1. The fourth-order valence-corrected chi connectivity index (χ4v) is 2.45. The highest BCUT2D eigenvalue weighted by molar-refractivity contribution is 7.21. The minimum Gasteiger partial charge on any atom is -0.396 e. The standard InChI is InChI=1S/C12H12N4OS/c1-3-4-7(2)16-11(17)10-8(13)9-12(18-10)15-6-5-14-9/h1,5-7H,4,13H2,2H3,(H,16,17). The Morgan fingerprint density at radius 1 is 1.61 bits per heavy atom. The van der Waals surface area contributed by atoms with Gasteiger partial charge < -0.3 is 11.1 Å². The van der Waals surface area contributed by atoms with Crippen molar-refractivity contribution in [2.24, 2.45) is 0 Å². The van der Waals surface area contributed by atoms with Crippen molar-refractivity contribution >= 4 is 33.3 Å². The van der Waals surface area contributed by atoms with Crippen LogP contribution in [0.15, 0.2) is 12.4 Å². The number of nitrogens with zero attached hydrogens (tertiary/aromatic N) is 2. The average molecular weight is 260 g/mol. The molecular formula is C12H12N4OS. The number of hydrogen-bond acceptors (Lipinski definition) is 5. The Balaban J connectivity index is 2.28. The van der Waals surface area contributed by atoms with Crippen LogP contribution in [-0.4, -0.2) is 21.9 Å². The van der Waals surface area contributed by atoms with Crippen molar-refractivity contribution in [1.82, 2.24) is 15.3 Å². The maximum Gasteiger partial charge on any atom is 0.263 e. The molecule has 0 saturated heterocycles. The summed E-state index contributed by atoms with van der Waals surface area (Å²) in [4.78, 5) is 21.3. The van der Waals surface area contributed by atoms with E-state index in [1.807, 2.05) is 6.92 Å². The van der Waals surface area contributed by atoms with Gasteiger partial charge in [-0.05, 0) is 6.92 Å². The number of hydrogen-bond donors (Lipinski definition) is 2. The quantitative estimate of drug-likeness (QED) is 0.818. The molecule has 1 unspecified atom stereocenters. The molecule has 0 spiro atoms. The Morgan fingerprint density at radius 2 is 2.33 bits per heavy atom. The number of nitrogens with two attached hydrogens (primary N) is 1. The zero-order valence-corrected chi connectivity index (χ0v) is 10.6. The van der Waals surface area contributed by atoms with Gasteiger partial charge in [0.25, 0.3) is 5.91 Å². The molecule has 1 atom stereocenters. The van der Waals surface area contributed by atoms with Gasteiger partial charge in [-0.15, -0.1) is 23.7 Å². The van der Waals surface area contributed by atoms with Crippen LogP contribution in [0, 0.1) is 12.3 Å². The van der Waals surface area contributed by atoms with E-state index in [0.29, 0.717) is 27.3 Å². The zero-order chi connectivity index (χ0) is 13.1. The Kier molecular flexibility index (Phi) is 3.44. The fraction of sp³-hybridized carbons (Fsp3) is 0.250. The molecule has 0 aromatic carbocycles. The molecule has 0 aliphatic heterocycles. The maximum absolute atomic E-state index is 12.0. The van der Waals surface area contributed by atoms with Gasteiger partial charge in [-0.25, -0.2) is 9.97 Å². The topological polar surface area (TPSA) is 80.9 Å². The number of carbonyl (C=O) groups excluding carboxylic acids is 1. The second-order valence-electron chi connectivity index (χ2n) is 3.84. The molecule has 0 aliphatic rings. The first-order chi connectivity index (χ1) is 8.63. The lowest BCUT2D eigenvalue weighted by Crippen LogP contribution is -2.32. The van der Waals surface area contributed by atoms with Crippen molar-refractivity contribution in [3.05, 3.63) is 17.3 Å². The lowest BCUT2D eigenvalue weighted by atomic mass is 10.2. The highest BCUT2D eigenvalue weighted by Crippen LogP contribution is 2.30. The third-order valence-corrected chi connectivity index (χ3v) is 3.47. The van der Waals surface area contributed by atoms with E-state index in [1.54, 1.807) is 12.4 Å². The maximum atomic E-state index is 12.0. The third-order valence-electron chi connectivity index (χ3n) is 2.37. The minimum atomic E-state index is -0.236. The van der Waals surface area contributed by atoms with Crippen LogP contribution in [0.5, 0.6) is 0 Å². The molecule has 1 amide bonds. The first kappa shape index (κ1) is 12.3. The van der Waals surface area contributed by atoms with Crippen molar-refractivity contribution in [3.8, 4) is 12.3 Å².